The summed E-state index contributed by atoms with van der Waals surface area (Å²) in [7, 11) is 0. The molecule has 0 bridgehead atoms. The molecule has 3 heterocycles. The van der Waals surface area contributed by atoms with Crippen molar-refractivity contribution in [2.75, 3.05) is 19.7 Å². The highest BCUT2D eigenvalue weighted by atomic mass is 16.5. The average Bonchev–Trinajstić information content (AvgIpc) is 2.96. The fraction of sp³-hybridized carbons (Fsp3) is 0.846. The molecule has 2 unspecified atom stereocenters. The Morgan fingerprint density at radius 1 is 1.32 bits per heavy atom. The first-order valence-corrected chi connectivity index (χ1v) is 7.30. The number of aromatic nitrogens is 2. The standard InChI is InChI=1S/C13H20N4O2/c1-2-10-8-18-11(7-17(10)5-1)13-15-12(19-16-13)6-14-9-3-4-9/h9-11,14H,1-8H2. The number of hydrogen-bond acceptors (Lipinski definition) is 6. The van der Waals surface area contributed by atoms with Crippen molar-refractivity contribution < 1.29 is 9.26 Å². The molecular weight excluding hydrogens is 244 g/mol. The van der Waals surface area contributed by atoms with Gasteiger partial charge in [0.2, 0.25) is 11.7 Å². The predicted molar refractivity (Wildman–Crippen MR) is 67.4 cm³/mol. The van der Waals surface area contributed by atoms with Crippen molar-refractivity contribution in [3.63, 3.8) is 0 Å². The van der Waals surface area contributed by atoms with E-state index in [4.69, 9.17) is 9.26 Å². The van der Waals surface area contributed by atoms with E-state index in [1.807, 2.05) is 0 Å². The number of ether oxygens (including phenoxy) is 1. The monoisotopic (exact) mass is 264 g/mol. The zero-order chi connectivity index (χ0) is 12.7. The second kappa shape index (κ2) is 4.85. The lowest BCUT2D eigenvalue weighted by Gasteiger charge is -2.33. The molecule has 1 N–H and O–H groups in total. The third-order valence-electron chi connectivity index (χ3n) is 4.28. The van der Waals surface area contributed by atoms with Gasteiger partial charge in [0.15, 0.2) is 0 Å². The van der Waals surface area contributed by atoms with Crippen molar-refractivity contribution in [1.82, 2.24) is 20.4 Å². The third-order valence-corrected chi connectivity index (χ3v) is 4.28. The van der Waals surface area contributed by atoms with Gasteiger partial charge in [-0.25, -0.2) is 0 Å². The molecule has 0 spiro atoms. The van der Waals surface area contributed by atoms with Crippen LogP contribution >= 0.6 is 0 Å². The number of morpholine rings is 1. The molecule has 1 aromatic rings. The number of rotatable bonds is 4. The van der Waals surface area contributed by atoms with Gasteiger partial charge in [0.1, 0.15) is 6.10 Å². The highest BCUT2D eigenvalue weighted by molar-refractivity contribution is 4.97. The molecule has 0 aromatic carbocycles. The van der Waals surface area contributed by atoms with Gasteiger partial charge >= 0.3 is 0 Å². The van der Waals surface area contributed by atoms with Crippen molar-refractivity contribution >= 4 is 0 Å². The first-order chi connectivity index (χ1) is 9.38. The lowest BCUT2D eigenvalue weighted by atomic mass is 10.2. The Kier molecular flexibility index (Phi) is 3.01. The molecule has 19 heavy (non-hydrogen) atoms. The Morgan fingerprint density at radius 3 is 3.16 bits per heavy atom. The molecule has 2 aliphatic heterocycles. The van der Waals surface area contributed by atoms with E-state index < -0.39 is 0 Å². The number of hydrogen-bond donors (Lipinski definition) is 1. The zero-order valence-corrected chi connectivity index (χ0v) is 11.0. The second-order valence-corrected chi connectivity index (χ2v) is 5.81. The maximum absolute atomic E-state index is 5.88. The molecule has 6 nitrogen and oxygen atoms in total. The van der Waals surface area contributed by atoms with Crippen LogP contribution in [0.4, 0.5) is 0 Å². The highest BCUT2D eigenvalue weighted by Gasteiger charge is 2.34. The Labute approximate surface area is 112 Å². The molecule has 4 rings (SSSR count). The van der Waals surface area contributed by atoms with E-state index in [1.54, 1.807) is 0 Å². The molecule has 0 amide bonds. The fourth-order valence-electron chi connectivity index (χ4n) is 2.96. The third kappa shape index (κ3) is 2.52. The largest absolute Gasteiger partial charge is 0.367 e. The normalized spacial score (nSPS) is 31.6. The minimum absolute atomic E-state index is 0.0206. The summed E-state index contributed by atoms with van der Waals surface area (Å²) >= 11 is 0. The summed E-state index contributed by atoms with van der Waals surface area (Å²) in [6.07, 6.45) is 5.05. The van der Waals surface area contributed by atoms with Crippen LogP contribution in [0.3, 0.4) is 0 Å². The molecular formula is C13H20N4O2. The molecule has 2 atom stereocenters. The second-order valence-electron chi connectivity index (χ2n) is 5.81. The molecule has 3 fully saturated rings. The molecule has 104 valence electrons. The first-order valence-electron chi connectivity index (χ1n) is 7.30. The van der Waals surface area contributed by atoms with Gasteiger partial charge in [-0.1, -0.05) is 5.16 Å². The van der Waals surface area contributed by atoms with Crippen LogP contribution in [-0.2, 0) is 11.3 Å². The topological polar surface area (TPSA) is 63.4 Å². The van der Waals surface area contributed by atoms with E-state index in [1.165, 1.54) is 32.2 Å². The van der Waals surface area contributed by atoms with Crippen molar-refractivity contribution in [3.8, 4) is 0 Å². The maximum atomic E-state index is 5.88. The van der Waals surface area contributed by atoms with Crippen molar-refractivity contribution in [3.05, 3.63) is 11.7 Å². The summed E-state index contributed by atoms with van der Waals surface area (Å²) in [5, 5.41) is 7.45. The highest BCUT2D eigenvalue weighted by Crippen LogP contribution is 2.28. The minimum Gasteiger partial charge on any atom is -0.367 e. The summed E-state index contributed by atoms with van der Waals surface area (Å²) in [5.74, 6) is 1.38. The molecule has 6 heteroatoms. The van der Waals surface area contributed by atoms with Gasteiger partial charge in [0.05, 0.1) is 13.2 Å². The summed E-state index contributed by atoms with van der Waals surface area (Å²) in [6, 6.07) is 1.27. The van der Waals surface area contributed by atoms with E-state index in [-0.39, 0.29) is 6.10 Å². The molecule has 0 radical (unpaired) electrons. The van der Waals surface area contributed by atoms with Gasteiger partial charge in [-0.2, -0.15) is 4.98 Å². The van der Waals surface area contributed by atoms with Crippen LogP contribution in [0.5, 0.6) is 0 Å². The van der Waals surface area contributed by atoms with E-state index in [0.29, 0.717) is 30.3 Å². The van der Waals surface area contributed by atoms with E-state index >= 15 is 0 Å². The van der Waals surface area contributed by atoms with Crippen LogP contribution in [0.25, 0.3) is 0 Å². The summed E-state index contributed by atoms with van der Waals surface area (Å²) < 4.78 is 11.2. The van der Waals surface area contributed by atoms with Crippen molar-refractivity contribution in [1.29, 1.82) is 0 Å². The quantitative estimate of drug-likeness (QED) is 0.870. The van der Waals surface area contributed by atoms with Crippen molar-refractivity contribution in [2.24, 2.45) is 0 Å². The van der Waals surface area contributed by atoms with E-state index in [2.05, 4.69) is 20.4 Å². The maximum Gasteiger partial charge on any atom is 0.240 e. The molecule has 1 aliphatic carbocycles. The van der Waals surface area contributed by atoms with Crippen LogP contribution in [0.15, 0.2) is 4.52 Å². The summed E-state index contributed by atoms with van der Waals surface area (Å²) in [5.41, 5.74) is 0. The van der Waals surface area contributed by atoms with Crippen LogP contribution in [-0.4, -0.2) is 46.8 Å². The Hall–Kier alpha value is -0.980. The van der Waals surface area contributed by atoms with Crippen LogP contribution in [0.2, 0.25) is 0 Å². The zero-order valence-electron chi connectivity index (χ0n) is 11.0. The lowest BCUT2D eigenvalue weighted by Crippen LogP contribution is -2.42. The minimum atomic E-state index is -0.0206. The summed E-state index contributed by atoms with van der Waals surface area (Å²) in [4.78, 5) is 6.95. The number of nitrogens with one attached hydrogen (secondary N) is 1. The molecule has 3 aliphatic rings. The van der Waals surface area contributed by atoms with Gasteiger partial charge in [-0.15, -0.1) is 0 Å². The van der Waals surface area contributed by atoms with Crippen LogP contribution < -0.4 is 5.32 Å². The Bertz CT molecular complexity index is 446. The van der Waals surface area contributed by atoms with Crippen LogP contribution in [0, 0.1) is 0 Å². The Balaban J connectivity index is 1.38. The Morgan fingerprint density at radius 2 is 2.26 bits per heavy atom. The average molecular weight is 264 g/mol. The summed E-state index contributed by atoms with van der Waals surface area (Å²) in [6.45, 7) is 3.56. The number of nitrogens with zero attached hydrogens (tertiary/aromatic N) is 3. The van der Waals surface area contributed by atoms with Gasteiger partial charge in [0, 0.05) is 18.6 Å². The number of fused-ring (bicyclic) bond motifs is 1. The molecule has 1 aromatic heterocycles. The lowest BCUT2D eigenvalue weighted by molar-refractivity contribution is -0.0548. The van der Waals surface area contributed by atoms with Gasteiger partial charge < -0.3 is 14.6 Å². The van der Waals surface area contributed by atoms with Gasteiger partial charge in [-0.3, -0.25) is 4.90 Å². The first kappa shape index (κ1) is 11.8. The fourth-order valence-corrected chi connectivity index (χ4v) is 2.96. The SMILES string of the molecule is C1CC2COC(c3noc(CNC4CC4)n3)CN2C1. The molecule has 1 saturated carbocycles. The van der Waals surface area contributed by atoms with Crippen LogP contribution in [0.1, 0.15) is 43.5 Å². The smallest absolute Gasteiger partial charge is 0.240 e. The van der Waals surface area contributed by atoms with E-state index in [9.17, 15) is 0 Å². The molecule has 2 saturated heterocycles. The van der Waals surface area contributed by atoms with Crippen molar-refractivity contribution in [2.45, 2.75) is 50.4 Å². The van der Waals surface area contributed by atoms with E-state index in [0.717, 1.165) is 13.2 Å². The predicted octanol–water partition coefficient (Wildman–Crippen LogP) is 0.857. The van der Waals surface area contributed by atoms with Gasteiger partial charge in [-0.05, 0) is 32.2 Å². The van der Waals surface area contributed by atoms with Gasteiger partial charge in [0.25, 0.3) is 0 Å².